The summed E-state index contributed by atoms with van der Waals surface area (Å²) in [4.78, 5) is 45.7. The van der Waals surface area contributed by atoms with Crippen molar-refractivity contribution in [2.24, 2.45) is 5.92 Å². The van der Waals surface area contributed by atoms with Crippen molar-refractivity contribution in [2.75, 3.05) is 12.4 Å². The average molecular weight is 561 g/mol. The van der Waals surface area contributed by atoms with E-state index in [0.717, 1.165) is 11.1 Å². The van der Waals surface area contributed by atoms with Gasteiger partial charge in [0.2, 0.25) is 5.91 Å². The number of rotatable bonds is 5. The molecule has 1 spiro atoms. The number of fused-ring (bicyclic) bond motifs is 6. The van der Waals surface area contributed by atoms with Gasteiger partial charge in [-0.2, -0.15) is 0 Å². The molecular formula is C34H25ClN2O4. The third-order valence-corrected chi connectivity index (χ3v) is 8.86. The quantitative estimate of drug-likeness (QED) is 0.289. The van der Waals surface area contributed by atoms with E-state index in [0.29, 0.717) is 33.1 Å². The molecule has 0 bridgehead atoms. The first-order valence-electron chi connectivity index (χ1n) is 13.4. The molecule has 3 aliphatic rings. The Morgan fingerprint density at radius 3 is 2.44 bits per heavy atom. The molecule has 3 heterocycles. The fourth-order valence-electron chi connectivity index (χ4n) is 6.91. The molecule has 0 saturated carbocycles. The molecule has 0 aliphatic carbocycles. The first-order chi connectivity index (χ1) is 19.9. The van der Waals surface area contributed by atoms with Gasteiger partial charge in [-0.25, -0.2) is 0 Å². The SMILES string of the molecule is COc1cccc(C(=O)[C@H]2[C@@H](C(=O)c3ccc(Cl)cc3)N3C=Cc4ccccc4[C@@H]3[C@]23C(=O)Nc2ccccc23)c1. The third-order valence-electron chi connectivity index (χ3n) is 8.60. The van der Waals surface area contributed by atoms with Crippen LogP contribution in [0.2, 0.25) is 5.02 Å². The van der Waals surface area contributed by atoms with Gasteiger partial charge >= 0.3 is 0 Å². The van der Waals surface area contributed by atoms with Crippen LogP contribution in [-0.4, -0.2) is 35.5 Å². The highest BCUT2D eigenvalue weighted by Gasteiger charge is 2.70. The van der Waals surface area contributed by atoms with Crippen molar-refractivity contribution in [3.8, 4) is 5.75 Å². The van der Waals surface area contributed by atoms with Crippen LogP contribution >= 0.6 is 11.6 Å². The minimum atomic E-state index is -1.38. The van der Waals surface area contributed by atoms with Crippen LogP contribution in [0.3, 0.4) is 0 Å². The number of nitrogens with zero attached hydrogens (tertiary/aromatic N) is 1. The van der Waals surface area contributed by atoms with Gasteiger partial charge in [0, 0.05) is 28.0 Å². The molecule has 0 aromatic heterocycles. The zero-order chi connectivity index (χ0) is 28.3. The summed E-state index contributed by atoms with van der Waals surface area (Å²) in [5.41, 5.74) is 2.58. The first-order valence-corrected chi connectivity index (χ1v) is 13.8. The van der Waals surface area contributed by atoms with Crippen molar-refractivity contribution in [3.05, 3.63) is 136 Å². The van der Waals surface area contributed by atoms with Crippen LogP contribution in [0.1, 0.15) is 43.4 Å². The lowest BCUT2D eigenvalue weighted by Crippen LogP contribution is -2.49. The van der Waals surface area contributed by atoms with Crippen LogP contribution in [0.25, 0.3) is 6.08 Å². The summed E-state index contributed by atoms with van der Waals surface area (Å²) in [6, 6.07) is 27.3. The summed E-state index contributed by atoms with van der Waals surface area (Å²) < 4.78 is 5.43. The highest BCUT2D eigenvalue weighted by Crippen LogP contribution is 2.62. The van der Waals surface area contributed by atoms with Gasteiger partial charge in [-0.15, -0.1) is 0 Å². The zero-order valence-corrected chi connectivity index (χ0v) is 22.8. The molecule has 6 nitrogen and oxygen atoms in total. The normalized spacial score (nSPS) is 23.5. The lowest BCUT2D eigenvalue weighted by Gasteiger charge is -2.38. The van der Waals surface area contributed by atoms with E-state index >= 15 is 0 Å². The van der Waals surface area contributed by atoms with Crippen molar-refractivity contribution in [2.45, 2.75) is 17.5 Å². The number of ketones is 2. The van der Waals surface area contributed by atoms with E-state index in [-0.39, 0.29) is 17.5 Å². The smallest absolute Gasteiger partial charge is 0.238 e. The number of nitrogens with one attached hydrogen (secondary N) is 1. The molecule has 1 N–H and O–H groups in total. The second-order valence-electron chi connectivity index (χ2n) is 10.6. The molecule has 4 aromatic rings. The van der Waals surface area contributed by atoms with E-state index in [1.54, 1.807) is 48.5 Å². The fraction of sp³-hybridized carbons (Fsp3) is 0.147. The Labute approximate surface area is 242 Å². The Bertz CT molecular complexity index is 1760. The maximum Gasteiger partial charge on any atom is 0.238 e. The molecule has 3 aliphatic heterocycles. The predicted molar refractivity (Wildman–Crippen MR) is 157 cm³/mol. The molecule has 4 atom stereocenters. The van der Waals surface area contributed by atoms with Crippen molar-refractivity contribution < 1.29 is 19.1 Å². The number of amides is 1. The summed E-state index contributed by atoms with van der Waals surface area (Å²) in [5.74, 6) is -1.40. The van der Waals surface area contributed by atoms with E-state index in [1.807, 2.05) is 65.7 Å². The van der Waals surface area contributed by atoms with Crippen LogP contribution in [-0.2, 0) is 10.2 Å². The number of para-hydroxylation sites is 1. The number of benzene rings is 4. The largest absolute Gasteiger partial charge is 0.497 e. The molecule has 7 rings (SSSR count). The third kappa shape index (κ3) is 3.60. The summed E-state index contributed by atoms with van der Waals surface area (Å²) in [7, 11) is 1.54. The maximum absolute atomic E-state index is 14.8. The number of carbonyl (C=O) groups excluding carboxylic acids is 3. The molecule has 41 heavy (non-hydrogen) atoms. The Hall–Kier alpha value is -4.68. The van der Waals surface area contributed by atoms with Crippen molar-refractivity contribution in [3.63, 3.8) is 0 Å². The topological polar surface area (TPSA) is 75.7 Å². The van der Waals surface area contributed by atoms with Gasteiger partial charge in [-0.05, 0) is 65.2 Å². The Kier molecular flexibility index (Phi) is 5.84. The van der Waals surface area contributed by atoms with Crippen LogP contribution in [0.4, 0.5) is 5.69 Å². The standard InChI is InChI=1S/C34H25ClN2O4/c1-41-24-9-6-8-22(19-24)30(38)28-29(31(39)21-13-15-23(35)16-14-21)37-18-17-20-7-2-3-10-25(20)32(37)34(28)26-11-4-5-12-27(26)36-33(34)40/h2-19,28-29,32H,1H3,(H,36,40)/t28-,29+,32-,34-/m1/s1. The highest BCUT2D eigenvalue weighted by atomic mass is 35.5. The van der Waals surface area contributed by atoms with E-state index in [9.17, 15) is 14.4 Å². The zero-order valence-electron chi connectivity index (χ0n) is 22.1. The van der Waals surface area contributed by atoms with Gasteiger partial charge in [0.05, 0.1) is 19.1 Å². The molecular weight excluding hydrogens is 536 g/mol. The fourth-order valence-corrected chi connectivity index (χ4v) is 7.03. The van der Waals surface area contributed by atoms with E-state index in [1.165, 1.54) is 7.11 Å². The summed E-state index contributed by atoms with van der Waals surface area (Å²) in [6.45, 7) is 0. The van der Waals surface area contributed by atoms with Crippen LogP contribution in [0.5, 0.6) is 5.75 Å². The lowest BCUT2D eigenvalue weighted by molar-refractivity contribution is -0.122. The first kappa shape index (κ1) is 25.3. The number of hydrogen-bond acceptors (Lipinski definition) is 5. The Morgan fingerprint density at radius 1 is 0.878 bits per heavy atom. The van der Waals surface area contributed by atoms with Gasteiger partial charge in [-0.1, -0.05) is 66.2 Å². The average Bonchev–Trinajstić information content (AvgIpc) is 3.49. The number of Topliss-reactive ketones (excluding diaryl/α,β-unsaturated/α-hetero) is 2. The minimum Gasteiger partial charge on any atom is -0.497 e. The maximum atomic E-state index is 14.8. The summed E-state index contributed by atoms with van der Waals surface area (Å²) in [5, 5.41) is 3.57. The monoisotopic (exact) mass is 560 g/mol. The van der Waals surface area contributed by atoms with Gasteiger partial charge in [0.1, 0.15) is 17.2 Å². The van der Waals surface area contributed by atoms with Crippen molar-refractivity contribution in [1.29, 1.82) is 0 Å². The van der Waals surface area contributed by atoms with Crippen LogP contribution < -0.4 is 10.1 Å². The van der Waals surface area contributed by atoms with Gasteiger partial charge in [0.25, 0.3) is 0 Å². The number of hydrogen-bond donors (Lipinski definition) is 1. The lowest BCUT2D eigenvalue weighted by atomic mass is 9.62. The second kappa shape index (κ2) is 9.46. The number of ether oxygens (including phenoxy) is 1. The number of halogens is 1. The van der Waals surface area contributed by atoms with Crippen LogP contribution in [0, 0.1) is 5.92 Å². The molecule has 1 amide bonds. The van der Waals surface area contributed by atoms with Crippen molar-refractivity contribution in [1.82, 2.24) is 4.90 Å². The van der Waals surface area contributed by atoms with Crippen LogP contribution in [0.15, 0.2) is 103 Å². The Morgan fingerprint density at radius 2 is 1.63 bits per heavy atom. The predicted octanol–water partition coefficient (Wildman–Crippen LogP) is 6.33. The minimum absolute atomic E-state index is 0.258. The van der Waals surface area contributed by atoms with Gasteiger partial charge in [-0.3, -0.25) is 14.4 Å². The van der Waals surface area contributed by atoms with E-state index < -0.39 is 23.4 Å². The molecule has 1 fully saturated rings. The number of methoxy groups -OCH3 is 1. The summed E-state index contributed by atoms with van der Waals surface area (Å²) >= 11 is 6.15. The van der Waals surface area contributed by atoms with E-state index in [2.05, 4.69) is 5.32 Å². The van der Waals surface area contributed by atoms with Crippen molar-refractivity contribution >= 4 is 40.8 Å². The second-order valence-corrected chi connectivity index (χ2v) is 11.0. The highest BCUT2D eigenvalue weighted by molar-refractivity contribution is 6.30. The molecule has 0 radical (unpaired) electrons. The molecule has 0 unspecified atom stereocenters. The molecule has 7 heteroatoms. The summed E-state index contributed by atoms with van der Waals surface area (Å²) in [6.07, 6.45) is 3.80. The van der Waals surface area contributed by atoms with Gasteiger partial charge < -0.3 is 15.0 Å². The number of carbonyl (C=O) groups is 3. The van der Waals surface area contributed by atoms with Gasteiger partial charge in [0.15, 0.2) is 11.6 Å². The molecule has 4 aromatic carbocycles. The Balaban J connectivity index is 1.53. The van der Waals surface area contributed by atoms with E-state index in [4.69, 9.17) is 16.3 Å². The molecule has 202 valence electrons. The molecule has 1 saturated heterocycles. The number of anilines is 1.